The maximum Gasteiger partial charge on any atom is 0.416 e. The first kappa shape index (κ1) is 23.5. The summed E-state index contributed by atoms with van der Waals surface area (Å²) in [6.45, 7) is 2.30. The van der Waals surface area contributed by atoms with E-state index in [1.165, 1.54) is 18.6 Å². The number of nitrogens with one attached hydrogen (secondary N) is 2. The van der Waals surface area contributed by atoms with Crippen molar-refractivity contribution in [3.63, 3.8) is 0 Å². The quantitative estimate of drug-likeness (QED) is 0.373. The van der Waals surface area contributed by atoms with Crippen LogP contribution >= 0.6 is 24.0 Å². The molecule has 1 aromatic carbocycles. The molecule has 0 spiro atoms. The van der Waals surface area contributed by atoms with Crippen LogP contribution in [0.2, 0.25) is 0 Å². The number of nitrogens with zero attached hydrogens (tertiary/aromatic N) is 2. The summed E-state index contributed by atoms with van der Waals surface area (Å²) in [5.74, 6) is 0.553. The van der Waals surface area contributed by atoms with Crippen LogP contribution in [-0.2, 0) is 17.4 Å². The van der Waals surface area contributed by atoms with E-state index in [0.29, 0.717) is 18.9 Å². The lowest BCUT2D eigenvalue weighted by molar-refractivity contribution is -0.137. The molecule has 1 heterocycles. The molecule has 0 aliphatic carbocycles. The van der Waals surface area contributed by atoms with Crippen molar-refractivity contribution >= 4 is 35.8 Å². The van der Waals surface area contributed by atoms with E-state index in [1.807, 2.05) is 4.90 Å². The summed E-state index contributed by atoms with van der Waals surface area (Å²) in [7, 11) is 1.61. The summed E-state index contributed by atoms with van der Waals surface area (Å²) in [5, 5.41) is 6.05. The molecule has 152 valence electrons. The van der Waals surface area contributed by atoms with E-state index in [4.69, 9.17) is 0 Å². The number of piperidine rings is 1. The van der Waals surface area contributed by atoms with Crippen LogP contribution in [0, 0.1) is 0 Å². The predicted octanol–water partition coefficient (Wildman–Crippen LogP) is 3.04. The number of benzene rings is 1. The number of rotatable bonds is 5. The third-order valence-corrected chi connectivity index (χ3v) is 4.33. The van der Waals surface area contributed by atoms with Gasteiger partial charge in [-0.25, -0.2) is 0 Å². The molecule has 1 aliphatic heterocycles. The minimum Gasteiger partial charge on any atom is -0.356 e. The van der Waals surface area contributed by atoms with Crippen molar-refractivity contribution in [1.82, 2.24) is 15.5 Å². The summed E-state index contributed by atoms with van der Waals surface area (Å²) < 4.78 is 37.6. The first-order valence-corrected chi connectivity index (χ1v) is 8.78. The molecular weight excluding hydrogens is 472 g/mol. The van der Waals surface area contributed by atoms with E-state index in [0.717, 1.165) is 43.6 Å². The maximum atomic E-state index is 12.5. The van der Waals surface area contributed by atoms with E-state index >= 15 is 0 Å². The summed E-state index contributed by atoms with van der Waals surface area (Å²) in [6.07, 6.45) is -0.495. The number of alkyl halides is 3. The number of amides is 1. The second-order valence-electron chi connectivity index (χ2n) is 6.24. The maximum absolute atomic E-state index is 12.5. The van der Waals surface area contributed by atoms with Gasteiger partial charge in [0.1, 0.15) is 0 Å². The van der Waals surface area contributed by atoms with E-state index in [9.17, 15) is 18.0 Å². The SMILES string of the molecule is CN=C(NCCc1ccc(C(F)(F)F)cc1)NCC(=O)N1CCCCC1.I. The van der Waals surface area contributed by atoms with Crippen LogP contribution in [0.1, 0.15) is 30.4 Å². The number of likely N-dealkylation sites (tertiary alicyclic amines) is 1. The molecule has 0 unspecified atom stereocenters. The number of carbonyl (C=O) groups is 1. The lowest BCUT2D eigenvalue weighted by Crippen LogP contribution is -2.46. The largest absolute Gasteiger partial charge is 0.416 e. The third-order valence-electron chi connectivity index (χ3n) is 4.33. The fourth-order valence-corrected chi connectivity index (χ4v) is 2.82. The summed E-state index contributed by atoms with van der Waals surface area (Å²) in [5.41, 5.74) is 0.147. The Morgan fingerprint density at radius 3 is 2.30 bits per heavy atom. The molecule has 0 saturated carbocycles. The first-order chi connectivity index (χ1) is 12.4. The van der Waals surface area contributed by atoms with Gasteiger partial charge in [0.25, 0.3) is 0 Å². The average molecular weight is 498 g/mol. The number of halogens is 4. The summed E-state index contributed by atoms with van der Waals surface area (Å²) in [4.78, 5) is 18.0. The van der Waals surface area contributed by atoms with Gasteiger partial charge < -0.3 is 15.5 Å². The zero-order valence-electron chi connectivity index (χ0n) is 15.3. The van der Waals surface area contributed by atoms with Crippen LogP contribution < -0.4 is 10.6 Å². The highest BCUT2D eigenvalue weighted by atomic mass is 127. The van der Waals surface area contributed by atoms with Gasteiger partial charge in [0.15, 0.2) is 5.96 Å². The van der Waals surface area contributed by atoms with Crippen molar-refractivity contribution < 1.29 is 18.0 Å². The van der Waals surface area contributed by atoms with Gasteiger partial charge in [0, 0.05) is 26.7 Å². The molecule has 9 heteroatoms. The van der Waals surface area contributed by atoms with Crippen molar-refractivity contribution in [2.45, 2.75) is 31.9 Å². The lowest BCUT2D eigenvalue weighted by atomic mass is 10.1. The molecule has 0 radical (unpaired) electrons. The molecule has 27 heavy (non-hydrogen) atoms. The monoisotopic (exact) mass is 498 g/mol. The highest BCUT2D eigenvalue weighted by Crippen LogP contribution is 2.29. The van der Waals surface area contributed by atoms with Crippen molar-refractivity contribution in [2.75, 3.05) is 33.2 Å². The molecule has 1 fully saturated rings. The van der Waals surface area contributed by atoms with Crippen molar-refractivity contribution in [3.8, 4) is 0 Å². The fraction of sp³-hybridized carbons (Fsp3) is 0.556. The molecular formula is C18H26F3IN4O. The summed E-state index contributed by atoms with van der Waals surface area (Å²) >= 11 is 0. The van der Waals surface area contributed by atoms with Crippen LogP contribution in [0.5, 0.6) is 0 Å². The molecule has 0 bridgehead atoms. The Morgan fingerprint density at radius 2 is 1.74 bits per heavy atom. The van der Waals surface area contributed by atoms with Crippen molar-refractivity contribution in [2.24, 2.45) is 4.99 Å². The molecule has 1 amide bonds. The highest BCUT2D eigenvalue weighted by Gasteiger charge is 2.29. The lowest BCUT2D eigenvalue weighted by Gasteiger charge is -2.27. The van der Waals surface area contributed by atoms with Gasteiger partial charge >= 0.3 is 6.18 Å². The van der Waals surface area contributed by atoms with E-state index < -0.39 is 11.7 Å². The number of carbonyl (C=O) groups excluding carboxylic acids is 1. The molecule has 5 nitrogen and oxygen atoms in total. The van der Waals surface area contributed by atoms with Crippen LogP contribution in [-0.4, -0.2) is 50.0 Å². The normalized spacial score (nSPS) is 15.1. The van der Waals surface area contributed by atoms with Gasteiger partial charge in [-0.15, -0.1) is 24.0 Å². The molecule has 1 aromatic rings. The Bertz CT molecular complexity index is 614. The third kappa shape index (κ3) is 7.94. The smallest absolute Gasteiger partial charge is 0.356 e. The molecule has 0 aromatic heterocycles. The molecule has 0 atom stereocenters. The fourth-order valence-electron chi connectivity index (χ4n) is 2.82. The average Bonchev–Trinajstić information content (AvgIpc) is 2.64. The number of aliphatic imine (C=N–C) groups is 1. The topological polar surface area (TPSA) is 56.7 Å². The van der Waals surface area contributed by atoms with Crippen molar-refractivity contribution in [1.29, 1.82) is 0 Å². The van der Waals surface area contributed by atoms with Gasteiger partial charge in [-0.05, 0) is 43.4 Å². The summed E-state index contributed by atoms with van der Waals surface area (Å²) in [6, 6.07) is 5.11. The molecule has 1 saturated heterocycles. The van der Waals surface area contributed by atoms with Gasteiger partial charge in [0.2, 0.25) is 5.91 Å². The highest BCUT2D eigenvalue weighted by molar-refractivity contribution is 14.0. The Morgan fingerprint density at radius 1 is 1.11 bits per heavy atom. The van der Waals surface area contributed by atoms with Crippen LogP contribution in [0.15, 0.2) is 29.3 Å². The second-order valence-corrected chi connectivity index (χ2v) is 6.24. The van der Waals surface area contributed by atoms with Crippen LogP contribution in [0.4, 0.5) is 13.2 Å². The number of hydrogen-bond donors (Lipinski definition) is 2. The number of guanidine groups is 1. The van der Waals surface area contributed by atoms with Gasteiger partial charge in [-0.2, -0.15) is 13.2 Å². The van der Waals surface area contributed by atoms with Crippen LogP contribution in [0.25, 0.3) is 0 Å². The molecule has 1 aliphatic rings. The van der Waals surface area contributed by atoms with Crippen LogP contribution in [0.3, 0.4) is 0 Å². The zero-order valence-corrected chi connectivity index (χ0v) is 17.6. The van der Waals surface area contributed by atoms with E-state index in [2.05, 4.69) is 15.6 Å². The van der Waals surface area contributed by atoms with Gasteiger partial charge in [-0.1, -0.05) is 12.1 Å². The van der Waals surface area contributed by atoms with E-state index in [-0.39, 0.29) is 36.4 Å². The molecule has 2 rings (SSSR count). The van der Waals surface area contributed by atoms with E-state index in [1.54, 1.807) is 7.05 Å². The second kappa shape index (κ2) is 11.4. The first-order valence-electron chi connectivity index (χ1n) is 8.78. The number of hydrogen-bond acceptors (Lipinski definition) is 2. The predicted molar refractivity (Wildman–Crippen MR) is 110 cm³/mol. The Kier molecular flexibility index (Phi) is 9.89. The Balaban J connectivity index is 0.00000364. The standard InChI is InChI=1S/C18H25F3N4O.HI/c1-22-17(24-13-16(26)25-11-3-2-4-12-25)23-10-9-14-5-7-15(8-6-14)18(19,20)21;/h5-8H,2-4,9-13H2,1H3,(H2,22,23,24);1H. The Hall–Kier alpha value is -1.52. The minimum absolute atomic E-state index is 0. The van der Waals surface area contributed by atoms with Gasteiger partial charge in [0.05, 0.1) is 12.1 Å². The van der Waals surface area contributed by atoms with Gasteiger partial charge in [-0.3, -0.25) is 9.79 Å². The minimum atomic E-state index is -4.32. The molecule has 2 N–H and O–H groups in total. The zero-order chi connectivity index (χ0) is 19.0. The van der Waals surface area contributed by atoms with Crippen molar-refractivity contribution in [3.05, 3.63) is 35.4 Å². The Labute approximate surface area is 174 Å².